The van der Waals surface area contributed by atoms with Crippen LogP contribution in [-0.2, 0) is 0 Å². The molecule has 2 amide bonds. The minimum Gasteiger partial charge on any atom is -0.321 e. The average Bonchev–Trinajstić information content (AvgIpc) is 2.26. The number of hydrogen-bond donors (Lipinski definition) is 0. The lowest BCUT2D eigenvalue weighted by Gasteiger charge is -2.30. The molecule has 0 saturated heterocycles. The quantitative estimate of drug-likeness (QED) is 0.618. The van der Waals surface area contributed by atoms with Gasteiger partial charge in [-0.15, -0.1) is 0 Å². The highest BCUT2D eigenvalue weighted by atomic mass is 16.2. The van der Waals surface area contributed by atoms with Gasteiger partial charge in [-0.1, -0.05) is 26.2 Å². The highest BCUT2D eigenvalue weighted by Crippen LogP contribution is 2.09. The molecule has 86 valence electrons. The summed E-state index contributed by atoms with van der Waals surface area (Å²) in [5.41, 5.74) is 0. The second-order valence-corrected chi connectivity index (χ2v) is 3.96. The molecule has 1 aliphatic heterocycles. The van der Waals surface area contributed by atoms with E-state index in [1.165, 1.54) is 19.3 Å². The van der Waals surface area contributed by atoms with Crippen LogP contribution in [0.5, 0.6) is 0 Å². The highest BCUT2D eigenvalue weighted by Gasteiger charge is 2.19. The zero-order valence-electron chi connectivity index (χ0n) is 9.91. The van der Waals surface area contributed by atoms with Gasteiger partial charge in [-0.2, -0.15) is 0 Å². The third-order valence-corrected chi connectivity index (χ3v) is 2.75. The summed E-state index contributed by atoms with van der Waals surface area (Å²) in [5.74, 6) is 0. The van der Waals surface area contributed by atoms with E-state index < -0.39 is 0 Å². The number of unbranched alkanes of at least 4 members (excludes halogenated alkanes) is 3. The number of rotatable bonds is 6. The Morgan fingerprint density at radius 3 is 2.73 bits per heavy atom. The molecule has 0 fully saturated rings. The van der Waals surface area contributed by atoms with E-state index in [-0.39, 0.29) is 6.03 Å². The molecule has 0 aliphatic carbocycles. The van der Waals surface area contributed by atoms with Crippen LogP contribution in [0.4, 0.5) is 4.79 Å². The van der Waals surface area contributed by atoms with Crippen molar-refractivity contribution in [1.82, 2.24) is 9.80 Å². The van der Waals surface area contributed by atoms with E-state index >= 15 is 0 Å². The number of hydrogen-bond acceptors (Lipinski definition) is 1. The molecule has 0 N–H and O–H groups in total. The Morgan fingerprint density at radius 1 is 1.27 bits per heavy atom. The number of nitrogens with zero attached hydrogens (tertiary/aromatic N) is 2. The summed E-state index contributed by atoms with van der Waals surface area (Å²) in [6.45, 7) is 6.65. The number of carbonyl (C=O) groups is 1. The summed E-state index contributed by atoms with van der Waals surface area (Å²) in [6, 6.07) is 0.163. The molecule has 1 rings (SSSR count). The lowest BCUT2D eigenvalue weighted by Crippen LogP contribution is -2.43. The summed E-state index contributed by atoms with van der Waals surface area (Å²) in [6.07, 6.45) is 8.83. The van der Waals surface area contributed by atoms with Gasteiger partial charge < -0.3 is 9.80 Å². The van der Waals surface area contributed by atoms with Crippen LogP contribution in [-0.4, -0.2) is 35.5 Å². The highest BCUT2D eigenvalue weighted by molar-refractivity contribution is 5.76. The van der Waals surface area contributed by atoms with Gasteiger partial charge in [-0.3, -0.25) is 0 Å². The molecule has 0 bridgehead atoms. The molecule has 0 aromatic carbocycles. The first kappa shape index (κ1) is 12.1. The molecular weight excluding hydrogens is 188 g/mol. The van der Waals surface area contributed by atoms with E-state index in [1.54, 1.807) is 4.90 Å². The van der Waals surface area contributed by atoms with Gasteiger partial charge in [0.1, 0.15) is 0 Å². The number of urea groups is 1. The maximum Gasteiger partial charge on any atom is 0.324 e. The Hall–Kier alpha value is -0.990. The van der Waals surface area contributed by atoms with E-state index in [0.717, 1.165) is 26.1 Å². The molecule has 0 atom stereocenters. The van der Waals surface area contributed by atoms with Crippen LogP contribution in [0.2, 0.25) is 0 Å². The molecule has 15 heavy (non-hydrogen) atoms. The molecular formula is C12H22N2O. The predicted octanol–water partition coefficient (Wildman–Crippen LogP) is 2.84. The smallest absolute Gasteiger partial charge is 0.321 e. The fraction of sp³-hybridized carbons (Fsp3) is 0.750. The molecule has 0 aromatic rings. The van der Waals surface area contributed by atoms with Crippen LogP contribution < -0.4 is 0 Å². The topological polar surface area (TPSA) is 23.6 Å². The van der Waals surface area contributed by atoms with Gasteiger partial charge in [0.15, 0.2) is 0 Å². The van der Waals surface area contributed by atoms with E-state index in [0.29, 0.717) is 0 Å². The van der Waals surface area contributed by atoms with Gasteiger partial charge in [0.25, 0.3) is 0 Å². The summed E-state index contributed by atoms with van der Waals surface area (Å²) < 4.78 is 0. The molecule has 0 unspecified atom stereocenters. The van der Waals surface area contributed by atoms with E-state index in [9.17, 15) is 4.79 Å². The molecule has 1 aliphatic rings. The molecule has 1 heterocycles. The maximum atomic E-state index is 11.8. The van der Waals surface area contributed by atoms with Crippen LogP contribution in [0.1, 0.15) is 39.5 Å². The van der Waals surface area contributed by atoms with E-state index in [1.807, 2.05) is 18.0 Å². The molecule has 0 radical (unpaired) electrons. The monoisotopic (exact) mass is 210 g/mol. The van der Waals surface area contributed by atoms with E-state index in [4.69, 9.17) is 0 Å². The largest absolute Gasteiger partial charge is 0.324 e. The second kappa shape index (κ2) is 6.49. The lowest BCUT2D eigenvalue weighted by molar-refractivity contribution is 0.169. The van der Waals surface area contributed by atoms with Crippen molar-refractivity contribution < 1.29 is 4.79 Å². The number of carbonyl (C=O) groups excluding carboxylic acids is 1. The van der Waals surface area contributed by atoms with Gasteiger partial charge in [0.05, 0.1) is 0 Å². The maximum absolute atomic E-state index is 11.8. The first-order chi connectivity index (χ1) is 7.29. The summed E-state index contributed by atoms with van der Waals surface area (Å²) in [4.78, 5) is 15.5. The predicted molar refractivity (Wildman–Crippen MR) is 62.6 cm³/mol. The van der Waals surface area contributed by atoms with Crippen LogP contribution in [0.25, 0.3) is 0 Å². The molecule has 3 nitrogen and oxygen atoms in total. The fourth-order valence-electron chi connectivity index (χ4n) is 1.78. The molecule has 0 aromatic heterocycles. The van der Waals surface area contributed by atoms with Crippen molar-refractivity contribution in [3.05, 3.63) is 12.3 Å². The van der Waals surface area contributed by atoms with Crippen molar-refractivity contribution in [2.24, 2.45) is 0 Å². The van der Waals surface area contributed by atoms with Gasteiger partial charge in [0.2, 0.25) is 0 Å². The molecule has 3 heteroatoms. The van der Waals surface area contributed by atoms with Crippen LogP contribution in [0.15, 0.2) is 12.3 Å². The standard InChI is InChI=1S/C12H22N2O/c1-3-5-6-7-9-14-11-8-10-13(4-2)12(14)15/h8,10H,3-7,9,11H2,1-2H3. The van der Waals surface area contributed by atoms with E-state index in [2.05, 4.69) is 13.0 Å². The van der Waals surface area contributed by atoms with Crippen molar-refractivity contribution in [3.8, 4) is 0 Å². The van der Waals surface area contributed by atoms with Crippen molar-refractivity contribution in [2.45, 2.75) is 39.5 Å². The Bertz CT molecular complexity index is 226. The van der Waals surface area contributed by atoms with Crippen molar-refractivity contribution in [1.29, 1.82) is 0 Å². The first-order valence-electron chi connectivity index (χ1n) is 6.01. The van der Waals surface area contributed by atoms with Crippen molar-refractivity contribution >= 4 is 6.03 Å². The van der Waals surface area contributed by atoms with Crippen LogP contribution in [0, 0.1) is 0 Å². The zero-order chi connectivity index (χ0) is 11.1. The van der Waals surface area contributed by atoms with Gasteiger partial charge in [-0.05, 0) is 19.4 Å². The van der Waals surface area contributed by atoms with Gasteiger partial charge >= 0.3 is 6.03 Å². The minimum atomic E-state index is 0.163. The Balaban J connectivity index is 2.30. The first-order valence-corrected chi connectivity index (χ1v) is 6.01. The third-order valence-electron chi connectivity index (χ3n) is 2.75. The Kier molecular flexibility index (Phi) is 5.22. The summed E-state index contributed by atoms with van der Waals surface area (Å²) in [5, 5.41) is 0. The summed E-state index contributed by atoms with van der Waals surface area (Å²) in [7, 11) is 0. The zero-order valence-corrected chi connectivity index (χ0v) is 9.91. The molecule has 0 spiro atoms. The van der Waals surface area contributed by atoms with Crippen LogP contribution >= 0.6 is 0 Å². The van der Waals surface area contributed by atoms with Gasteiger partial charge in [-0.25, -0.2) is 4.79 Å². The van der Waals surface area contributed by atoms with Crippen molar-refractivity contribution in [3.63, 3.8) is 0 Å². The molecule has 0 saturated carbocycles. The van der Waals surface area contributed by atoms with Crippen molar-refractivity contribution in [2.75, 3.05) is 19.6 Å². The Labute approximate surface area is 92.7 Å². The number of amides is 2. The minimum absolute atomic E-state index is 0.163. The second-order valence-electron chi connectivity index (χ2n) is 3.96. The average molecular weight is 210 g/mol. The third kappa shape index (κ3) is 3.57. The Morgan fingerprint density at radius 2 is 2.07 bits per heavy atom. The lowest BCUT2D eigenvalue weighted by atomic mass is 10.2. The normalized spacial score (nSPS) is 16.3. The SMILES string of the molecule is CCCCCCN1CC=CN(CC)C1=O. The van der Waals surface area contributed by atoms with Gasteiger partial charge in [0, 0.05) is 25.8 Å². The van der Waals surface area contributed by atoms with Crippen LogP contribution in [0.3, 0.4) is 0 Å². The fourth-order valence-corrected chi connectivity index (χ4v) is 1.78. The summed E-state index contributed by atoms with van der Waals surface area (Å²) >= 11 is 0.